The van der Waals surface area contributed by atoms with Gasteiger partial charge in [0.25, 0.3) is 5.91 Å². The first-order chi connectivity index (χ1) is 9.11. The van der Waals surface area contributed by atoms with Crippen molar-refractivity contribution in [2.75, 3.05) is 0 Å². The summed E-state index contributed by atoms with van der Waals surface area (Å²) in [7, 11) is 0. The average Bonchev–Trinajstić information content (AvgIpc) is 2.78. The molecule has 2 aromatic rings. The van der Waals surface area contributed by atoms with Crippen molar-refractivity contribution in [1.29, 1.82) is 0 Å². The van der Waals surface area contributed by atoms with Gasteiger partial charge in [0.05, 0.1) is 5.16 Å². The van der Waals surface area contributed by atoms with E-state index >= 15 is 0 Å². The van der Waals surface area contributed by atoms with Crippen LogP contribution in [0.3, 0.4) is 0 Å². The minimum Gasteiger partial charge on any atom is -0.485 e. The smallest absolute Gasteiger partial charge is 0.311 e. The van der Waals surface area contributed by atoms with Gasteiger partial charge in [0.1, 0.15) is 12.0 Å². The van der Waals surface area contributed by atoms with Crippen LogP contribution in [0.2, 0.25) is 0 Å². The number of carbonyl (C=O) groups excluding carboxylic acids is 2. The predicted molar refractivity (Wildman–Crippen MR) is 60.1 cm³/mol. The van der Waals surface area contributed by atoms with Gasteiger partial charge in [0.2, 0.25) is 5.69 Å². The second-order valence-corrected chi connectivity index (χ2v) is 3.57. The number of nitrogens with two attached hydrogens (primary N) is 1. The number of aldehydes is 1. The maximum absolute atomic E-state index is 11.2. The normalized spacial score (nSPS) is 10.1. The number of hydrogen-bond acceptors (Lipinski definition) is 6. The third-order valence-corrected chi connectivity index (χ3v) is 2.30. The topological polar surface area (TPSA) is 122 Å². The Balaban J connectivity index is 2.16. The maximum Gasteiger partial charge on any atom is 0.311 e. The molecule has 98 valence electrons. The van der Waals surface area contributed by atoms with Crippen LogP contribution in [0.1, 0.15) is 26.5 Å². The molecule has 2 rings (SSSR count). The summed E-state index contributed by atoms with van der Waals surface area (Å²) in [5.41, 5.74) is 5.03. The highest BCUT2D eigenvalue weighted by atomic mass is 16.8. The zero-order valence-corrected chi connectivity index (χ0v) is 9.61. The van der Waals surface area contributed by atoms with Crippen LogP contribution in [0.5, 0.6) is 5.75 Å². The van der Waals surface area contributed by atoms with Crippen LogP contribution < -0.4 is 15.4 Å². The quantitative estimate of drug-likeness (QED) is 0.588. The van der Waals surface area contributed by atoms with Crippen LogP contribution in [0.25, 0.3) is 0 Å². The highest BCUT2D eigenvalue weighted by molar-refractivity contribution is 5.91. The molecule has 0 radical (unpaired) electrons. The Bertz CT molecular complexity index is 623. The van der Waals surface area contributed by atoms with E-state index in [4.69, 9.17) is 10.5 Å². The molecule has 1 aromatic heterocycles. The summed E-state index contributed by atoms with van der Waals surface area (Å²) >= 11 is 0. The van der Waals surface area contributed by atoms with Crippen molar-refractivity contribution in [3.63, 3.8) is 0 Å². The van der Waals surface area contributed by atoms with E-state index in [2.05, 4.69) is 9.79 Å². The molecule has 0 spiro atoms. The van der Waals surface area contributed by atoms with Crippen LogP contribution >= 0.6 is 0 Å². The van der Waals surface area contributed by atoms with E-state index in [1.807, 2.05) is 0 Å². The summed E-state index contributed by atoms with van der Waals surface area (Å²) in [5, 5.41) is 14.5. The third kappa shape index (κ3) is 2.68. The van der Waals surface area contributed by atoms with Crippen LogP contribution in [0.15, 0.2) is 28.9 Å². The lowest BCUT2D eigenvalue weighted by atomic mass is 10.2. The van der Waals surface area contributed by atoms with E-state index in [-0.39, 0.29) is 22.9 Å². The van der Waals surface area contributed by atoms with E-state index in [1.54, 1.807) is 18.2 Å². The fraction of sp³-hybridized carbons (Fsp3) is 0.0909. The molecule has 0 aliphatic rings. The number of carbonyl (C=O) groups is 2. The fourth-order valence-electron chi connectivity index (χ4n) is 1.40. The van der Waals surface area contributed by atoms with Gasteiger partial charge in [-0.05, 0) is 17.0 Å². The van der Waals surface area contributed by atoms with Gasteiger partial charge in [-0.1, -0.05) is 12.1 Å². The Morgan fingerprint density at radius 1 is 1.58 bits per heavy atom. The van der Waals surface area contributed by atoms with E-state index in [0.29, 0.717) is 17.6 Å². The molecule has 0 aliphatic carbocycles. The van der Waals surface area contributed by atoms with Crippen molar-refractivity contribution in [3.05, 3.63) is 46.4 Å². The maximum atomic E-state index is 11.2. The summed E-state index contributed by atoms with van der Waals surface area (Å²) < 4.78 is 9.54. The lowest BCUT2D eigenvalue weighted by molar-refractivity contribution is -0.808. The number of primary amides is 1. The molecule has 0 atom stereocenters. The number of ether oxygens (including phenoxy) is 1. The highest BCUT2D eigenvalue weighted by Gasteiger charge is 2.24. The van der Waals surface area contributed by atoms with Crippen molar-refractivity contribution in [2.45, 2.75) is 6.61 Å². The number of aromatic nitrogens is 2. The molecule has 1 aromatic carbocycles. The van der Waals surface area contributed by atoms with Crippen LogP contribution in [-0.2, 0) is 6.61 Å². The van der Waals surface area contributed by atoms with Gasteiger partial charge >= 0.3 is 5.69 Å². The van der Waals surface area contributed by atoms with Crippen molar-refractivity contribution >= 4 is 12.2 Å². The standard InChI is InChI=1S/C11H9N3O5/c12-11(16)10-9(14(17)19-13-10)6-18-8-3-1-2-7(4-8)5-15/h1-5H,6H2,(H2,12,16). The summed E-state index contributed by atoms with van der Waals surface area (Å²) in [4.78, 5) is 21.6. The molecular formula is C11H9N3O5. The molecule has 19 heavy (non-hydrogen) atoms. The summed E-state index contributed by atoms with van der Waals surface area (Å²) in [6.45, 7) is -0.256. The molecule has 0 fully saturated rings. The molecule has 0 aliphatic heterocycles. The lowest BCUT2D eigenvalue weighted by Gasteiger charge is -2.04. The Kier molecular flexibility index (Phi) is 3.42. The number of nitrogens with zero attached hydrogens (tertiary/aromatic N) is 2. The Hall–Kier alpha value is -2.90. The third-order valence-electron chi connectivity index (χ3n) is 2.30. The monoisotopic (exact) mass is 263 g/mol. The van der Waals surface area contributed by atoms with Gasteiger partial charge in [0, 0.05) is 5.56 Å². The molecular weight excluding hydrogens is 254 g/mol. The van der Waals surface area contributed by atoms with Gasteiger partial charge in [-0.15, -0.1) is 0 Å². The minimum absolute atomic E-state index is 0.0453. The number of amides is 1. The predicted octanol–water partition coefficient (Wildman–Crippen LogP) is -0.202. The summed E-state index contributed by atoms with van der Waals surface area (Å²) in [5.74, 6) is -0.528. The van der Waals surface area contributed by atoms with Crippen molar-refractivity contribution in [1.82, 2.24) is 5.16 Å². The van der Waals surface area contributed by atoms with Crippen molar-refractivity contribution < 1.29 is 23.9 Å². The SMILES string of the molecule is NC(=O)c1no[n+]([O-])c1COc1cccc(C=O)c1. The molecule has 0 bridgehead atoms. The van der Waals surface area contributed by atoms with E-state index in [9.17, 15) is 14.8 Å². The first-order valence-corrected chi connectivity index (χ1v) is 5.18. The largest absolute Gasteiger partial charge is 0.485 e. The molecule has 1 amide bonds. The highest BCUT2D eigenvalue weighted by Crippen LogP contribution is 2.14. The summed E-state index contributed by atoms with van der Waals surface area (Å²) in [6, 6.07) is 6.30. The van der Waals surface area contributed by atoms with Crippen LogP contribution in [0.4, 0.5) is 0 Å². The fourth-order valence-corrected chi connectivity index (χ4v) is 1.40. The van der Waals surface area contributed by atoms with Crippen molar-refractivity contribution in [3.8, 4) is 5.75 Å². The second kappa shape index (κ2) is 5.17. The molecule has 2 N–H and O–H groups in total. The molecule has 8 nitrogen and oxygen atoms in total. The van der Waals surface area contributed by atoms with Crippen LogP contribution in [-0.4, -0.2) is 17.4 Å². The van der Waals surface area contributed by atoms with E-state index in [0.717, 1.165) is 0 Å². The Morgan fingerprint density at radius 2 is 2.37 bits per heavy atom. The number of hydrogen-bond donors (Lipinski definition) is 1. The minimum atomic E-state index is -0.890. The van der Waals surface area contributed by atoms with Crippen molar-refractivity contribution in [2.24, 2.45) is 5.73 Å². The van der Waals surface area contributed by atoms with E-state index < -0.39 is 5.91 Å². The molecule has 0 unspecified atom stereocenters. The Labute approximate surface area is 106 Å². The molecule has 0 saturated heterocycles. The zero-order valence-electron chi connectivity index (χ0n) is 9.61. The molecule has 1 heterocycles. The summed E-state index contributed by atoms with van der Waals surface area (Å²) in [6.07, 6.45) is 0.662. The lowest BCUT2D eigenvalue weighted by Crippen LogP contribution is -2.31. The zero-order chi connectivity index (χ0) is 13.8. The average molecular weight is 263 g/mol. The molecule has 8 heteroatoms. The molecule has 0 saturated carbocycles. The van der Waals surface area contributed by atoms with Gasteiger partial charge in [-0.3, -0.25) is 14.2 Å². The van der Waals surface area contributed by atoms with Gasteiger partial charge < -0.3 is 15.7 Å². The van der Waals surface area contributed by atoms with Gasteiger partial charge in [-0.25, -0.2) is 0 Å². The van der Waals surface area contributed by atoms with Crippen LogP contribution in [0, 0.1) is 5.21 Å². The van der Waals surface area contributed by atoms with E-state index in [1.165, 1.54) is 6.07 Å². The number of benzene rings is 1. The van der Waals surface area contributed by atoms with Gasteiger partial charge in [-0.2, -0.15) is 0 Å². The van der Waals surface area contributed by atoms with Gasteiger partial charge in [0.15, 0.2) is 6.61 Å². The first kappa shape index (κ1) is 12.6. The second-order valence-electron chi connectivity index (χ2n) is 3.57. The number of rotatable bonds is 5. The first-order valence-electron chi connectivity index (χ1n) is 5.18. The Morgan fingerprint density at radius 3 is 3.05 bits per heavy atom.